The van der Waals surface area contributed by atoms with Crippen LogP contribution in [0.1, 0.15) is 19.3 Å². The minimum Gasteiger partial charge on any atom is -0.396 e. The number of aliphatic hydroxyl groups is 1. The van der Waals surface area contributed by atoms with Gasteiger partial charge in [-0.25, -0.2) is 4.98 Å². The molecule has 0 radical (unpaired) electrons. The van der Waals surface area contributed by atoms with E-state index in [1.165, 1.54) is 6.42 Å². The van der Waals surface area contributed by atoms with Crippen molar-refractivity contribution in [3.05, 3.63) is 6.33 Å². The van der Waals surface area contributed by atoms with Crippen LogP contribution < -0.4 is 10.2 Å². The zero-order chi connectivity index (χ0) is 13.9. The lowest BCUT2D eigenvalue weighted by molar-refractivity contribution is 0.244. The van der Waals surface area contributed by atoms with Gasteiger partial charge in [0.1, 0.15) is 5.52 Å². The zero-order valence-electron chi connectivity index (χ0n) is 11.6. The highest BCUT2D eigenvalue weighted by Gasteiger charge is 2.23. The van der Waals surface area contributed by atoms with E-state index < -0.39 is 0 Å². The summed E-state index contributed by atoms with van der Waals surface area (Å²) >= 11 is 0. The first kappa shape index (κ1) is 13.1. The molecule has 2 aromatic heterocycles. The van der Waals surface area contributed by atoms with Gasteiger partial charge in [-0.05, 0) is 25.2 Å². The van der Waals surface area contributed by atoms with Crippen LogP contribution in [0.25, 0.3) is 11.2 Å². The Hall–Kier alpha value is -1.89. The number of aliphatic hydroxyl groups excluding tert-OH is 1. The summed E-state index contributed by atoms with van der Waals surface area (Å²) in [6.07, 6.45) is 4.80. The van der Waals surface area contributed by atoms with Crippen LogP contribution >= 0.6 is 0 Å². The van der Waals surface area contributed by atoms with E-state index in [1.54, 1.807) is 6.33 Å². The van der Waals surface area contributed by atoms with E-state index in [0.29, 0.717) is 17.5 Å². The Morgan fingerprint density at radius 2 is 2.40 bits per heavy atom. The monoisotopic (exact) mass is 276 g/mol. The Kier molecular flexibility index (Phi) is 3.68. The summed E-state index contributed by atoms with van der Waals surface area (Å²) in [5.41, 5.74) is 1.57. The average molecular weight is 276 g/mol. The van der Waals surface area contributed by atoms with E-state index in [4.69, 9.17) is 5.11 Å². The molecule has 1 saturated heterocycles. The van der Waals surface area contributed by atoms with Crippen molar-refractivity contribution in [1.29, 1.82) is 0 Å². The number of H-pyrrole nitrogens is 1. The molecule has 7 nitrogen and oxygen atoms in total. The second-order valence-electron chi connectivity index (χ2n) is 5.19. The van der Waals surface area contributed by atoms with Gasteiger partial charge in [-0.15, -0.1) is 0 Å². The zero-order valence-corrected chi connectivity index (χ0v) is 11.6. The molecule has 3 heterocycles. The number of imidazole rings is 1. The number of nitrogens with zero attached hydrogens (tertiary/aromatic N) is 4. The topological polar surface area (TPSA) is 90.0 Å². The Morgan fingerprint density at radius 3 is 3.20 bits per heavy atom. The Balaban J connectivity index is 1.93. The maximum absolute atomic E-state index is 9.13. The van der Waals surface area contributed by atoms with Crippen LogP contribution in [-0.2, 0) is 0 Å². The molecule has 0 bridgehead atoms. The van der Waals surface area contributed by atoms with E-state index in [0.717, 1.165) is 37.3 Å². The van der Waals surface area contributed by atoms with Gasteiger partial charge in [-0.1, -0.05) is 0 Å². The van der Waals surface area contributed by atoms with Crippen molar-refractivity contribution in [3.63, 3.8) is 0 Å². The van der Waals surface area contributed by atoms with E-state index in [-0.39, 0.29) is 6.61 Å². The average Bonchev–Trinajstić information content (AvgIpc) is 2.95. The van der Waals surface area contributed by atoms with Crippen LogP contribution in [0, 0.1) is 5.92 Å². The Morgan fingerprint density at radius 1 is 1.50 bits per heavy atom. The Bertz CT molecular complexity index is 581. The predicted octanol–water partition coefficient (Wildman–Crippen LogP) is 0.993. The van der Waals surface area contributed by atoms with Crippen molar-refractivity contribution >= 4 is 22.9 Å². The number of anilines is 2. The second-order valence-corrected chi connectivity index (χ2v) is 5.19. The van der Waals surface area contributed by atoms with Gasteiger partial charge < -0.3 is 20.3 Å². The first-order valence-electron chi connectivity index (χ1n) is 7.06. The number of piperidine rings is 1. The van der Waals surface area contributed by atoms with Gasteiger partial charge in [0.25, 0.3) is 0 Å². The van der Waals surface area contributed by atoms with Crippen molar-refractivity contribution in [3.8, 4) is 0 Å². The summed E-state index contributed by atoms with van der Waals surface area (Å²) in [4.78, 5) is 18.5. The van der Waals surface area contributed by atoms with Gasteiger partial charge >= 0.3 is 0 Å². The molecule has 1 aliphatic rings. The number of fused-ring (bicyclic) bond motifs is 1. The fourth-order valence-electron chi connectivity index (χ4n) is 2.83. The molecular formula is C13H20N6O. The fourth-order valence-corrected chi connectivity index (χ4v) is 2.83. The first-order chi connectivity index (χ1) is 9.81. The first-order valence-corrected chi connectivity index (χ1v) is 7.06. The fraction of sp³-hybridized carbons (Fsp3) is 0.615. The minimum absolute atomic E-state index is 0.253. The van der Waals surface area contributed by atoms with Crippen LogP contribution in [0.3, 0.4) is 0 Å². The molecule has 0 aliphatic carbocycles. The highest BCUT2D eigenvalue weighted by molar-refractivity contribution is 5.84. The molecular weight excluding hydrogens is 256 g/mol. The molecule has 3 rings (SSSR count). The third-order valence-electron chi connectivity index (χ3n) is 3.85. The summed E-state index contributed by atoms with van der Waals surface area (Å²) in [7, 11) is 1.81. The smallest absolute Gasteiger partial charge is 0.226 e. The van der Waals surface area contributed by atoms with Gasteiger partial charge in [-0.2, -0.15) is 9.97 Å². The van der Waals surface area contributed by atoms with Crippen LogP contribution in [0.2, 0.25) is 0 Å². The van der Waals surface area contributed by atoms with Crippen molar-refractivity contribution in [2.75, 3.05) is 37.0 Å². The lowest BCUT2D eigenvalue weighted by atomic mass is 9.95. The summed E-state index contributed by atoms with van der Waals surface area (Å²) in [6, 6.07) is 0. The highest BCUT2D eigenvalue weighted by Crippen LogP contribution is 2.28. The number of hydrogen-bond acceptors (Lipinski definition) is 6. The summed E-state index contributed by atoms with van der Waals surface area (Å²) in [5.74, 6) is 2.02. The second kappa shape index (κ2) is 5.62. The molecule has 0 saturated carbocycles. The molecule has 0 aromatic carbocycles. The number of rotatable bonds is 4. The predicted molar refractivity (Wildman–Crippen MR) is 77.9 cm³/mol. The molecule has 1 aliphatic heterocycles. The molecule has 20 heavy (non-hydrogen) atoms. The lowest BCUT2D eigenvalue weighted by Crippen LogP contribution is -2.36. The molecule has 7 heteroatoms. The van der Waals surface area contributed by atoms with Crippen LogP contribution in [0.5, 0.6) is 0 Å². The van der Waals surface area contributed by atoms with Gasteiger partial charge in [0.2, 0.25) is 5.95 Å². The number of nitrogens with one attached hydrogen (secondary N) is 2. The van der Waals surface area contributed by atoms with E-state index in [2.05, 4.69) is 30.2 Å². The molecule has 3 N–H and O–H groups in total. The van der Waals surface area contributed by atoms with Gasteiger partial charge in [0, 0.05) is 26.7 Å². The molecule has 1 fully saturated rings. The standard InChI is InChI=1S/C13H20N6O/c1-14-13-17-11-10(15-8-16-11)12(18-13)19-5-2-3-9(7-19)4-6-20/h8-9,20H,2-7H2,1H3,(H2,14,15,16,17,18). The molecule has 1 unspecified atom stereocenters. The lowest BCUT2D eigenvalue weighted by Gasteiger charge is -2.33. The maximum atomic E-state index is 9.13. The SMILES string of the molecule is CNc1nc(N2CCCC(CCO)C2)c2[nH]cnc2n1. The molecule has 0 spiro atoms. The number of hydrogen-bond donors (Lipinski definition) is 3. The minimum atomic E-state index is 0.253. The van der Waals surface area contributed by atoms with Crippen molar-refractivity contribution in [1.82, 2.24) is 19.9 Å². The third-order valence-corrected chi connectivity index (χ3v) is 3.85. The van der Waals surface area contributed by atoms with Crippen molar-refractivity contribution in [2.24, 2.45) is 5.92 Å². The summed E-state index contributed by atoms with van der Waals surface area (Å²) in [6.45, 7) is 2.16. The molecule has 0 amide bonds. The summed E-state index contributed by atoms with van der Waals surface area (Å²) < 4.78 is 0. The quantitative estimate of drug-likeness (QED) is 0.771. The van der Waals surface area contributed by atoms with Gasteiger partial charge in [0.15, 0.2) is 11.5 Å². The molecule has 2 aromatic rings. The number of aromatic nitrogens is 4. The van der Waals surface area contributed by atoms with Crippen LogP contribution in [0.15, 0.2) is 6.33 Å². The molecule has 108 valence electrons. The van der Waals surface area contributed by atoms with Crippen LogP contribution in [0.4, 0.5) is 11.8 Å². The number of aromatic amines is 1. The van der Waals surface area contributed by atoms with Gasteiger partial charge in [-0.3, -0.25) is 0 Å². The largest absolute Gasteiger partial charge is 0.396 e. The van der Waals surface area contributed by atoms with Crippen molar-refractivity contribution < 1.29 is 5.11 Å². The van der Waals surface area contributed by atoms with Crippen molar-refractivity contribution in [2.45, 2.75) is 19.3 Å². The van der Waals surface area contributed by atoms with E-state index in [9.17, 15) is 0 Å². The maximum Gasteiger partial charge on any atom is 0.226 e. The normalized spacial score (nSPS) is 19.5. The summed E-state index contributed by atoms with van der Waals surface area (Å²) in [5, 5.41) is 12.1. The van der Waals surface area contributed by atoms with Gasteiger partial charge in [0.05, 0.1) is 6.33 Å². The van der Waals surface area contributed by atoms with E-state index >= 15 is 0 Å². The molecule has 1 atom stereocenters. The third kappa shape index (κ3) is 2.40. The van der Waals surface area contributed by atoms with E-state index in [1.807, 2.05) is 7.05 Å². The highest BCUT2D eigenvalue weighted by atomic mass is 16.3. The Labute approximate surface area is 117 Å². The van der Waals surface area contributed by atoms with Crippen LogP contribution in [-0.4, -0.2) is 51.8 Å².